The molecule has 11 heavy (non-hydrogen) atoms. The van der Waals surface area contributed by atoms with E-state index in [0.29, 0.717) is 11.7 Å². The van der Waals surface area contributed by atoms with E-state index < -0.39 is 0 Å². The summed E-state index contributed by atoms with van der Waals surface area (Å²) >= 11 is 0. The van der Waals surface area contributed by atoms with Crippen LogP contribution in [0.4, 0.5) is 5.82 Å². The summed E-state index contributed by atoms with van der Waals surface area (Å²) in [6.45, 7) is 5.44. The maximum Gasteiger partial charge on any atom is 0.131 e. The highest BCUT2D eigenvalue weighted by molar-refractivity contribution is 5.81. The number of aryl methyl sites for hydroxylation is 1. The molecule has 0 aromatic carbocycles. The number of anilines is 1. The lowest BCUT2D eigenvalue weighted by Crippen LogP contribution is -2.11. The fourth-order valence-electron chi connectivity index (χ4n) is 0.879. The van der Waals surface area contributed by atoms with Crippen molar-refractivity contribution in [3.05, 3.63) is 11.3 Å². The van der Waals surface area contributed by atoms with E-state index in [1.807, 2.05) is 13.8 Å². The molecular formula is C7H12N4. The Labute approximate surface area is 65.5 Å². The van der Waals surface area contributed by atoms with Crippen LogP contribution in [0.25, 0.3) is 0 Å². The summed E-state index contributed by atoms with van der Waals surface area (Å²) in [5.41, 5.74) is 7.50. The molecule has 0 amide bonds. The Balaban J connectivity index is 3.29. The molecule has 1 rings (SSSR count). The van der Waals surface area contributed by atoms with Crippen LogP contribution in [0.1, 0.15) is 18.2 Å². The average Bonchev–Trinajstić information content (AvgIpc) is 2.17. The summed E-state index contributed by atoms with van der Waals surface area (Å²) in [4.78, 5) is 0. The van der Waals surface area contributed by atoms with E-state index in [9.17, 15) is 0 Å². The lowest BCUT2D eigenvalue weighted by Gasteiger charge is -1.98. The first-order valence-corrected chi connectivity index (χ1v) is 3.41. The Kier molecular flexibility index (Phi) is 1.68. The van der Waals surface area contributed by atoms with Crippen LogP contribution in [0.2, 0.25) is 0 Å². The SMILES string of the molecule is CC(=N)n1nc(C)c(C)c1N. The van der Waals surface area contributed by atoms with Crippen molar-refractivity contribution < 1.29 is 0 Å². The van der Waals surface area contributed by atoms with Gasteiger partial charge in [-0.3, -0.25) is 5.41 Å². The maximum atomic E-state index is 7.31. The molecule has 0 fully saturated rings. The average molecular weight is 152 g/mol. The second-order valence-corrected chi connectivity index (χ2v) is 2.59. The second-order valence-electron chi connectivity index (χ2n) is 2.59. The van der Waals surface area contributed by atoms with Gasteiger partial charge < -0.3 is 5.73 Å². The van der Waals surface area contributed by atoms with Gasteiger partial charge >= 0.3 is 0 Å². The molecule has 0 saturated carbocycles. The standard InChI is InChI=1S/C7H12N4/c1-4-5(2)10-11(6(3)8)7(4)9/h8H,9H2,1-3H3. The maximum absolute atomic E-state index is 7.31. The third-order valence-electron chi connectivity index (χ3n) is 1.72. The van der Waals surface area contributed by atoms with Crippen molar-refractivity contribution in [2.75, 3.05) is 5.73 Å². The van der Waals surface area contributed by atoms with Gasteiger partial charge in [0.05, 0.1) is 5.69 Å². The van der Waals surface area contributed by atoms with Crippen molar-refractivity contribution in [1.29, 1.82) is 5.41 Å². The zero-order valence-electron chi connectivity index (χ0n) is 6.97. The summed E-state index contributed by atoms with van der Waals surface area (Å²) in [5.74, 6) is 0.911. The first-order valence-electron chi connectivity index (χ1n) is 3.41. The monoisotopic (exact) mass is 152 g/mol. The summed E-state index contributed by atoms with van der Waals surface area (Å²) in [5, 5.41) is 11.4. The van der Waals surface area contributed by atoms with E-state index in [1.54, 1.807) is 6.92 Å². The summed E-state index contributed by atoms with van der Waals surface area (Å²) in [6, 6.07) is 0. The number of hydrogen-bond acceptors (Lipinski definition) is 3. The minimum absolute atomic E-state index is 0.346. The van der Waals surface area contributed by atoms with Crippen LogP contribution in [0.5, 0.6) is 0 Å². The normalized spacial score (nSPS) is 10.1. The van der Waals surface area contributed by atoms with Crippen LogP contribution >= 0.6 is 0 Å². The Morgan fingerprint density at radius 1 is 1.55 bits per heavy atom. The number of hydrogen-bond donors (Lipinski definition) is 2. The minimum atomic E-state index is 0.346. The van der Waals surface area contributed by atoms with E-state index in [0.717, 1.165) is 11.3 Å². The molecule has 60 valence electrons. The zero-order chi connectivity index (χ0) is 8.59. The number of nitrogen functional groups attached to an aromatic ring is 1. The molecule has 0 spiro atoms. The zero-order valence-corrected chi connectivity index (χ0v) is 6.97. The van der Waals surface area contributed by atoms with E-state index in [4.69, 9.17) is 11.1 Å². The van der Waals surface area contributed by atoms with Gasteiger partial charge in [-0.05, 0) is 20.8 Å². The van der Waals surface area contributed by atoms with Crippen LogP contribution in [0.3, 0.4) is 0 Å². The lowest BCUT2D eigenvalue weighted by atomic mass is 10.3. The molecule has 4 nitrogen and oxygen atoms in total. The quantitative estimate of drug-likeness (QED) is 0.429. The molecule has 0 aliphatic carbocycles. The van der Waals surface area contributed by atoms with Crippen molar-refractivity contribution in [2.24, 2.45) is 0 Å². The number of nitrogens with two attached hydrogens (primary N) is 1. The van der Waals surface area contributed by atoms with Crippen LogP contribution in [0.15, 0.2) is 0 Å². The van der Waals surface area contributed by atoms with Crippen LogP contribution in [-0.4, -0.2) is 15.6 Å². The molecule has 3 N–H and O–H groups in total. The van der Waals surface area contributed by atoms with Gasteiger partial charge in [-0.1, -0.05) is 0 Å². The number of rotatable bonds is 0. The molecule has 1 heterocycles. The Bertz CT molecular complexity index is 298. The van der Waals surface area contributed by atoms with Crippen LogP contribution in [-0.2, 0) is 0 Å². The van der Waals surface area contributed by atoms with Gasteiger partial charge in [0.15, 0.2) is 0 Å². The number of nitrogens with zero attached hydrogens (tertiary/aromatic N) is 2. The van der Waals surface area contributed by atoms with Crippen molar-refractivity contribution in [2.45, 2.75) is 20.8 Å². The van der Waals surface area contributed by atoms with Gasteiger partial charge in [-0.15, -0.1) is 0 Å². The first kappa shape index (κ1) is 7.78. The molecule has 1 aromatic heterocycles. The largest absolute Gasteiger partial charge is 0.383 e. The predicted molar refractivity (Wildman–Crippen MR) is 44.9 cm³/mol. The van der Waals surface area contributed by atoms with Crippen molar-refractivity contribution in [1.82, 2.24) is 9.78 Å². The van der Waals surface area contributed by atoms with Gasteiger partial charge in [0.1, 0.15) is 11.7 Å². The van der Waals surface area contributed by atoms with Gasteiger partial charge in [0.2, 0.25) is 0 Å². The highest BCUT2D eigenvalue weighted by Crippen LogP contribution is 2.13. The fraction of sp³-hybridized carbons (Fsp3) is 0.429. The van der Waals surface area contributed by atoms with Crippen molar-refractivity contribution in [3.63, 3.8) is 0 Å². The summed E-state index contributed by atoms with van der Waals surface area (Å²) < 4.78 is 1.44. The summed E-state index contributed by atoms with van der Waals surface area (Å²) in [6.07, 6.45) is 0. The van der Waals surface area contributed by atoms with Gasteiger partial charge in [-0.25, -0.2) is 4.68 Å². The van der Waals surface area contributed by atoms with Gasteiger partial charge in [0.25, 0.3) is 0 Å². The number of nitrogens with one attached hydrogen (secondary N) is 1. The minimum Gasteiger partial charge on any atom is -0.383 e. The van der Waals surface area contributed by atoms with Gasteiger partial charge in [-0.2, -0.15) is 5.10 Å². The highest BCUT2D eigenvalue weighted by atomic mass is 15.3. The second kappa shape index (κ2) is 2.38. The molecule has 0 aliphatic heterocycles. The molecule has 1 aromatic rings. The van der Waals surface area contributed by atoms with Crippen LogP contribution in [0, 0.1) is 19.3 Å². The Morgan fingerprint density at radius 2 is 2.09 bits per heavy atom. The smallest absolute Gasteiger partial charge is 0.131 e. The lowest BCUT2D eigenvalue weighted by molar-refractivity contribution is 0.906. The molecule has 0 radical (unpaired) electrons. The molecule has 0 aliphatic rings. The first-order chi connectivity index (χ1) is 5.04. The van der Waals surface area contributed by atoms with Crippen LogP contribution < -0.4 is 5.73 Å². The van der Waals surface area contributed by atoms with Crippen molar-refractivity contribution >= 4 is 11.7 Å². The Hall–Kier alpha value is -1.32. The molecule has 4 heteroatoms. The molecule has 0 bridgehead atoms. The number of aromatic nitrogens is 2. The fourth-order valence-corrected chi connectivity index (χ4v) is 0.879. The molecular weight excluding hydrogens is 140 g/mol. The Morgan fingerprint density at radius 3 is 2.27 bits per heavy atom. The van der Waals surface area contributed by atoms with E-state index in [-0.39, 0.29) is 0 Å². The molecule has 0 unspecified atom stereocenters. The predicted octanol–water partition coefficient (Wildman–Crippen LogP) is 0.927. The summed E-state index contributed by atoms with van der Waals surface area (Å²) in [7, 11) is 0. The van der Waals surface area contributed by atoms with Gasteiger partial charge in [0, 0.05) is 5.56 Å². The topological polar surface area (TPSA) is 67.7 Å². The highest BCUT2D eigenvalue weighted by Gasteiger charge is 2.07. The van der Waals surface area contributed by atoms with Crippen molar-refractivity contribution in [3.8, 4) is 0 Å². The van der Waals surface area contributed by atoms with E-state index in [2.05, 4.69) is 5.10 Å². The van der Waals surface area contributed by atoms with E-state index >= 15 is 0 Å². The molecule has 0 saturated heterocycles. The molecule has 0 atom stereocenters. The van der Waals surface area contributed by atoms with E-state index in [1.165, 1.54) is 4.68 Å². The third kappa shape index (κ3) is 1.11. The third-order valence-corrected chi connectivity index (χ3v) is 1.72.